The van der Waals surface area contributed by atoms with E-state index >= 15 is 0 Å². The Kier molecular flexibility index (Phi) is 38.6. The van der Waals surface area contributed by atoms with Gasteiger partial charge in [0.25, 0.3) is 0 Å². The monoisotopic (exact) mass is 1830 g/mol. The fraction of sp³-hybridized carbons (Fsp3) is 0.929. The molecular formula is C70H119N5O50. The lowest BCUT2D eigenvalue weighted by Crippen LogP contribution is -2.71. The molecule has 9 rings (SSSR count). The average Bonchev–Trinajstić information content (AvgIpc) is 0.757. The quantitative estimate of drug-likeness (QED) is 0.0277. The molecule has 55 heteroatoms. The topological polar surface area (TPSA) is 858 Å². The van der Waals surface area contributed by atoms with Gasteiger partial charge in [0.1, 0.15) is 232 Å². The lowest BCUT2D eigenvalue weighted by molar-refractivity contribution is -0.407. The molecule has 9 fully saturated rings. The standard InChI is InChI=1S/C70H119N5O50/c1-17-37(90)48(101)52(105)66(110-17)108-15-24(89)55(38(91)23(7-76)71-18(2)84)119-64-35(74-21(5)87)46(99)57(31(14-83)116-64)121-68-54(107)59(123-70-61(51(104)43(96)29(12-81)115-70)125-63-34(73-20(4)86)45(98)40(93)26(9-78)112-63)58(122-62-33(72-19(3)85)44(97)39(92)25(8-77)111-62)32(118-68)16-109-69-60(50(103)42(95)28(11-80)114-69)124-65-36(75-22(6)88)47(100)56(30(13-82)117-65)120-67-53(106)49(102)41(94)27(10-79)113-67/h17,23-70,76-83,89-107H,7-16H2,1-6H3,(H,71,84)(H,72,85)(H,73,86)(H,74,87)(H,75,88)/t17-,23-,24+,25+,26+,27+,28+,29+,30+,31+,32+,33+,34+,35+,36+,37+,38+,39+,40+,41-,42+,43+,44+,45+,46+,47+,48+,49-,50-,51-,52-,53+,54-,55+,56+,57+,58+,59+,60-,61-,62?,63?,64?,65?,66?,67?,68?,69?,70?/m0/s1. The van der Waals surface area contributed by atoms with Crippen molar-refractivity contribution in [2.75, 3.05) is 66.1 Å². The van der Waals surface area contributed by atoms with Gasteiger partial charge in [0.05, 0.1) is 78.2 Å². The Balaban J connectivity index is 1.17. The molecule has 0 aromatic heterocycles. The number of carbonyl (C=O) groups excluding carboxylic acids is 5. The van der Waals surface area contributed by atoms with Gasteiger partial charge in [-0.3, -0.25) is 24.0 Å². The molecule has 0 spiro atoms. The number of hydrogen-bond donors (Lipinski definition) is 32. The summed E-state index contributed by atoms with van der Waals surface area (Å²) in [6, 6.07) is -9.86. The Hall–Kier alpha value is -4.45. The highest BCUT2D eigenvalue weighted by Gasteiger charge is 2.62. The van der Waals surface area contributed by atoms with Crippen LogP contribution >= 0.6 is 0 Å². The van der Waals surface area contributed by atoms with E-state index in [1.807, 2.05) is 0 Å². The minimum Gasteiger partial charge on any atom is -0.394 e. The van der Waals surface area contributed by atoms with E-state index < -0.39 is 396 Å². The number of hydrogen-bond acceptors (Lipinski definition) is 50. The molecule has 0 aromatic rings. The Labute approximate surface area is 709 Å². The fourth-order valence-electron chi connectivity index (χ4n) is 15.8. The van der Waals surface area contributed by atoms with Crippen molar-refractivity contribution in [3.05, 3.63) is 0 Å². The number of aliphatic hydroxyl groups excluding tert-OH is 27. The van der Waals surface area contributed by atoms with Crippen molar-refractivity contribution < 1.29 is 247 Å². The third kappa shape index (κ3) is 24.1. The van der Waals surface area contributed by atoms with E-state index in [-0.39, 0.29) is 0 Å². The SMILES string of the molecule is CC(=O)N[C@@H](CO)[C@@H](O)[C@H](OC1O[C@H](CO)[C@@H](OC2O[C@H](COC3O[C@H](CO)[C@@H](O)[C@H](O)[C@@H]3OC3O[C@H](CO)[C@@H](OC4O[C@H](CO)[C@H](O)[C@H](O)[C@H]4O)[C@H](O)[C@H]3NC(C)=O)[C@@H](OC3O[C@H](CO)[C@@H](O)[C@H](O)[C@H]3NC(C)=O)[C@H](OC3O[C@H](CO)[C@@H](O)[C@H](O)[C@@H]3OC3O[C@H](CO)[C@@H](O)[C@H](O)[C@H]3NC(C)=O)[C@@H]2O)[C@H](O)[C@H]1NC(C)=O)[C@H](O)COC1O[C@@H](C)[C@@H](O)[C@@H](O)[C@@H]1O. The van der Waals surface area contributed by atoms with E-state index in [2.05, 4.69) is 26.6 Å². The van der Waals surface area contributed by atoms with Gasteiger partial charge in [-0.1, -0.05) is 0 Å². The molecule has 724 valence electrons. The van der Waals surface area contributed by atoms with Crippen LogP contribution in [-0.4, -0.2) is 534 Å². The van der Waals surface area contributed by atoms with Crippen molar-refractivity contribution in [2.45, 2.75) is 342 Å². The van der Waals surface area contributed by atoms with Crippen molar-refractivity contribution in [1.82, 2.24) is 26.6 Å². The lowest BCUT2D eigenvalue weighted by atomic mass is 9.93. The van der Waals surface area contributed by atoms with Gasteiger partial charge in [-0.05, 0) is 6.92 Å². The molecule has 0 saturated carbocycles. The highest BCUT2D eigenvalue weighted by molar-refractivity contribution is 5.75. The number of ether oxygens (including phenoxy) is 18. The molecule has 5 amide bonds. The van der Waals surface area contributed by atoms with E-state index in [9.17, 15) is 162 Å². The van der Waals surface area contributed by atoms with Crippen LogP contribution in [0.2, 0.25) is 0 Å². The first-order valence-corrected chi connectivity index (χ1v) is 39.9. The summed E-state index contributed by atoms with van der Waals surface area (Å²) in [7, 11) is 0. The second-order valence-electron chi connectivity index (χ2n) is 31.5. The summed E-state index contributed by atoms with van der Waals surface area (Å²) in [4.78, 5) is 64.8. The number of amides is 5. The number of rotatable bonds is 36. The maximum atomic E-state index is 13.4. The number of aliphatic hydroxyl groups is 27. The highest BCUT2D eigenvalue weighted by Crippen LogP contribution is 2.41. The zero-order chi connectivity index (χ0) is 92.5. The molecule has 0 aromatic carbocycles. The van der Waals surface area contributed by atoms with Crippen LogP contribution in [0.3, 0.4) is 0 Å². The summed E-state index contributed by atoms with van der Waals surface area (Å²) >= 11 is 0. The van der Waals surface area contributed by atoms with E-state index in [4.69, 9.17) is 85.3 Å². The molecule has 9 aliphatic heterocycles. The minimum absolute atomic E-state index is 0.871. The van der Waals surface area contributed by atoms with Crippen molar-refractivity contribution >= 4 is 29.5 Å². The molecule has 0 bridgehead atoms. The molecule has 32 N–H and O–H groups in total. The van der Waals surface area contributed by atoms with E-state index in [1.54, 1.807) is 0 Å². The maximum Gasteiger partial charge on any atom is 0.217 e. The molecule has 55 nitrogen and oxygen atoms in total. The van der Waals surface area contributed by atoms with Gasteiger partial charge in [0.2, 0.25) is 29.5 Å². The zero-order valence-corrected chi connectivity index (χ0v) is 67.8. The van der Waals surface area contributed by atoms with Crippen LogP contribution in [0.5, 0.6) is 0 Å². The normalized spacial score (nSPS) is 46.1. The summed E-state index contributed by atoms with van der Waals surface area (Å²) in [5.41, 5.74) is 0. The van der Waals surface area contributed by atoms with Crippen LogP contribution in [-0.2, 0) is 109 Å². The van der Waals surface area contributed by atoms with Gasteiger partial charge in [0.15, 0.2) is 56.6 Å². The molecule has 49 atom stereocenters. The van der Waals surface area contributed by atoms with Crippen LogP contribution < -0.4 is 26.6 Å². The van der Waals surface area contributed by atoms with Crippen molar-refractivity contribution in [3.63, 3.8) is 0 Å². The van der Waals surface area contributed by atoms with Crippen LogP contribution in [0, 0.1) is 0 Å². The van der Waals surface area contributed by atoms with Crippen LogP contribution in [0.4, 0.5) is 0 Å². The van der Waals surface area contributed by atoms with Crippen LogP contribution in [0.15, 0.2) is 0 Å². The maximum absolute atomic E-state index is 13.4. The second-order valence-corrected chi connectivity index (χ2v) is 31.5. The molecule has 9 aliphatic rings. The summed E-state index contributed by atoms with van der Waals surface area (Å²) in [5, 5.41) is 315. The average molecular weight is 1830 g/mol. The highest BCUT2D eigenvalue weighted by atomic mass is 16.8. The Bertz CT molecular complexity index is 3370. The smallest absolute Gasteiger partial charge is 0.217 e. The molecule has 0 aliphatic carbocycles. The molecular weight excluding hydrogens is 1710 g/mol. The van der Waals surface area contributed by atoms with E-state index in [1.165, 1.54) is 6.92 Å². The first kappa shape index (κ1) is 104. The van der Waals surface area contributed by atoms with Crippen molar-refractivity contribution in [3.8, 4) is 0 Å². The second kappa shape index (κ2) is 46.3. The molecule has 9 unspecified atom stereocenters. The summed E-state index contributed by atoms with van der Waals surface area (Å²) in [6.45, 7) is -5.95. The summed E-state index contributed by atoms with van der Waals surface area (Å²) < 4.78 is 109. The third-order valence-electron chi connectivity index (χ3n) is 22.5. The molecule has 0 radical (unpaired) electrons. The number of nitrogens with one attached hydrogen (secondary N) is 5. The lowest BCUT2D eigenvalue weighted by Gasteiger charge is -2.52. The van der Waals surface area contributed by atoms with Crippen molar-refractivity contribution in [1.29, 1.82) is 0 Å². The van der Waals surface area contributed by atoms with Gasteiger partial charge in [-0.2, -0.15) is 0 Å². The molecule has 125 heavy (non-hydrogen) atoms. The van der Waals surface area contributed by atoms with Crippen LogP contribution in [0.25, 0.3) is 0 Å². The minimum atomic E-state index is -2.78. The van der Waals surface area contributed by atoms with E-state index in [0.29, 0.717) is 0 Å². The molecule has 9 heterocycles. The first-order valence-electron chi connectivity index (χ1n) is 39.9. The summed E-state index contributed by atoms with van der Waals surface area (Å²) in [5.74, 6) is -4.88. The van der Waals surface area contributed by atoms with Crippen molar-refractivity contribution in [2.24, 2.45) is 0 Å². The predicted molar refractivity (Wildman–Crippen MR) is 388 cm³/mol. The number of carbonyl (C=O) groups is 5. The predicted octanol–water partition coefficient (Wildman–Crippen LogP) is -21.4. The van der Waals surface area contributed by atoms with Crippen LogP contribution in [0.1, 0.15) is 41.5 Å². The third-order valence-corrected chi connectivity index (χ3v) is 22.5. The van der Waals surface area contributed by atoms with Gasteiger partial charge in [0, 0.05) is 34.6 Å². The Morgan fingerprint density at radius 1 is 0.296 bits per heavy atom. The fourth-order valence-corrected chi connectivity index (χ4v) is 15.8. The Morgan fingerprint density at radius 3 is 1.06 bits per heavy atom. The zero-order valence-electron chi connectivity index (χ0n) is 67.8. The van der Waals surface area contributed by atoms with Gasteiger partial charge in [-0.15, -0.1) is 0 Å². The van der Waals surface area contributed by atoms with Gasteiger partial charge >= 0.3 is 0 Å². The first-order chi connectivity index (χ1) is 59.0. The molecule has 9 saturated heterocycles. The Morgan fingerprint density at radius 2 is 0.624 bits per heavy atom. The largest absolute Gasteiger partial charge is 0.394 e. The van der Waals surface area contributed by atoms with Gasteiger partial charge in [-0.25, -0.2) is 0 Å². The summed E-state index contributed by atoms with van der Waals surface area (Å²) in [6.07, 6.45) is -95.4. The van der Waals surface area contributed by atoms with Gasteiger partial charge < -0.3 is 250 Å². The van der Waals surface area contributed by atoms with E-state index in [0.717, 1.165) is 34.6 Å².